The highest BCUT2D eigenvalue weighted by molar-refractivity contribution is 5.33. The third kappa shape index (κ3) is 2.76. The second-order valence-corrected chi connectivity index (χ2v) is 5.91. The largest absolute Gasteiger partial charge is 0.310 e. The molecule has 0 amide bonds. The molecule has 110 valence electrons. The Labute approximate surface area is 124 Å². The van der Waals surface area contributed by atoms with Crippen molar-refractivity contribution in [3.8, 4) is 0 Å². The summed E-state index contributed by atoms with van der Waals surface area (Å²) < 4.78 is 0. The van der Waals surface area contributed by atoms with Gasteiger partial charge in [-0.25, -0.2) is 4.98 Å². The van der Waals surface area contributed by atoms with Crippen molar-refractivity contribution < 1.29 is 0 Å². The molecule has 1 aliphatic rings. The Morgan fingerprint density at radius 1 is 1.24 bits per heavy atom. The van der Waals surface area contributed by atoms with E-state index in [1.54, 1.807) is 0 Å². The molecule has 0 saturated carbocycles. The van der Waals surface area contributed by atoms with Crippen LogP contribution in [0.2, 0.25) is 0 Å². The van der Waals surface area contributed by atoms with Gasteiger partial charge in [-0.3, -0.25) is 9.69 Å². The summed E-state index contributed by atoms with van der Waals surface area (Å²) in [6.07, 6.45) is 0.852. The van der Waals surface area contributed by atoms with E-state index in [0.717, 1.165) is 30.8 Å². The van der Waals surface area contributed by atoms with Gasteiger partial charge in [0.25, 0.3) is 5.56 Å². The lowest BCUT2D eigenvalue weighted by Crippen LogP contribution is -2.35. The van der Waals surface area contributed by atoms with Crippen LogP contribution in [0.25, 0.3) is 0 Å². The first kappa shape index (κ1) is 14.0. The first-order chi connectivity index (χ1) is 10.0. The van der Waals surface area contributed by atoms with Crippen LogP contribution in [0.15, 0.2) is 23.0 Å². The van der Waals surface area contributed by atoms with Gasteiger partial charge in [-0.2, -0.15) is 0 Å². The summed E-state index contributed by atoms with van der Waals surface area (Å²) in [6.45, 7) is 8.67. The van der Waals surface area contributed by atoms with E-state index in [1.807, 2.05) is 6.92 Å². The maximum atomic E-state index is 12.1. The monoisotopic (exact) mass is 283 g/mol. The van der Waals surface area contributed by atoms with Crippen molar-refractivity contribution in [1.82, 2.24) is 14.9 Å². The van der Waals surface area contributed by atoms with Crippen LogP contribution in [0.1, 0.15) is 33.8 Å². The Bertz CT molecular complexity index is 713. The zero-order valence-electron chi connectivity index (χ0n) is 12.9. The molecule has 0 bridgehead atoms. The average Bonchev–Trinajstić information content (AvgIpc) is 2.43. The standard InChI is InChI=1S/C17H21N3O/c1-11-5-4-6-12(2)14(11)9-20-8-7-16-15(10-20)17(21)19-13(3)18-16/h4-6H,7-10H2,1-3H3,(H,18,19,21). The van der Waals surface area contributed by atoms with E-state index in [2.05, 4.69) is 46.9 Å². The number of hydrogen-bond acceptors (Lipinski definition) is 3. The highest BCUT2D eigenvalue weighted by atomic mass is 16.1. The summed E-state index contributed by atoms with van der Waals surface area (Å²) in [5.41, 5.74) is 5.82. The first-order valence-electron chi connectivity index (χ1n) is 7.40. The van der Waals surface area contributed by atoms with Gasteiger partial charge in [0.1, 0.15) is 5.82 Å². The lowest BCUT2D eigenvalue weighted by Gasteiger charge is -2.28. The van der Waals surface area contributed by atoms with Crippen molar-refractivity contribution in [1.29, 1.82) is 0 Å². The van der Waals surface area contributed by atoms with Crippen molar-refractivity contribution >= 4 is 0 Å². The molecule has 1 aromatic carbocycles. The number of aryl methyl sites for hydroxylation is 3. The van der Waals surface area contributed by atoms with Crippen LogP contribution in [0, 0.1) is 20.8 Å². The van der Waals surface area contributed by atoms with Crippen LogP contribution in [-0.4, -0.2) is 21.4 Å². The van der Waals surface area contributed by atoms with Gasteiger partial charge in [0.2, 0.25) is 0 Å². The van der Waals surface area contributed by atoms with Crippen molar-refractivity contribution in [3.05, 3.63) is 62.3 Å². The van der Waals surface area contributed by atoms with Gasteiger partial charge < -0.3 is 4.98 Å². The normalized spacial score (nSPS) is 15.0. The summed E-state index contributed by atoms with van der Waals surface area (Å²) in [4.78, 5) is 21.7. The van der Waals surface area contributed by atoms with Gasteiger partial charge in [0, 0.05) is 26.1 Å². The number of nitrogens with zero attached hydrogens (tertiary/aromatic N) is 2. The lowest BCUT2D eigenvalue weighted by molar-refractivity contribution is 0.240. The highest BCUT2D eigenvalue weighted by Gasteiger charge is 2.21. The Hall–Kier alpha value is -1.94. The fourth-order valence-corrected chi connectivity index (χ4v) is 3.06. The minimum absolute atomic E-state index is 0.0173. The number of nitrogens with one attached hydrogen (secondary N) is 1. The van der Waals surface area contributed by atoms with Gasteiger partial charge in [0.15, 0.2) is 0 Å². The molecule has 0 fully saturated rings. The lowest BCUT2D eigenvalue weighted by atomic mass is 10.0. The Morgan fingerprint density at radius 3 is 2.67 bits per heavy atom. The molecular weight excluding hydrogens is 262 g/mol. The SMILES string of the molecule is Cc1nc2c(c(=O)[nH]1)CN(Cc1c(C)cccc1C)CC2. The third-order valence-electron chi connectivity index (χ3n) is 4.29. The van der Waals surface area contributed by atoms with E-state index in [9.17, 15) is 4.79 Å². The summed E-state index contributed by atoms with van der Waals surface area (Å²) in [5, 5.41) is 0. The number of hydrogen-bond donors (Lipinski definition) is 1. The molecule has 2 heterocycles. The average molecular weight is 283 g/mol. The number of fused-ring (bicyclic) bond motifs is 1. The van der Waals surface area contributed by atoms with Crippen molar-refractivity contribution in [2.45, 2.75) is 40.3 Å². The summed E-state index contributed by atoms with van der Waals surface area (Å²) >= 11 is 0. The van der Waals surface area contributed by atoms with E-state index in [-0.39, 0.29) is 5.56 Å². The molecule has 0 saturated heterocycles. The molecule has 0 unspecified atom stereocenters. The second-order valence-electron chi connectivity index (χ2n) is 5.91. The second kappa shape index (κ2) is 5.45. The molecular formula is C17H21N3O. The number of benzene rings is 1. The molecule has 1 N–H and O–H groups in total. The Morgan fingerprint density at radius 2 is 1.95 bits per heavy atom. The smallest absolute Gasteiger partial charge is 0.255 e. The van der Waals surface area contributed by atoms with Crippen LogP contribution < -0.4 is 5.56 Å². The molecule has 1 aliphatic heterocycles. The van der Waals surface area contributed by atoms with Crippen molar-refractivity contribution in [2.24, 2.45) is 0 Å². The molecule has 0 aliphatic carbocycles. The first-order valence-corrected chi connectivity index (χ1v) is 7.40. The van der Waals surface area contributed by atoms with E-state index >= 15 is 0 Å². The third-order valence-corrected chi connectivity index (χ3v) is 4.29. The predicted molar refractivity (Wildman–Crippen MR) is 83.3 cm³/mol. The van der Waals surface area contributed by atoms with Crippen LogP contribution in [0.4, 0.5) is 0 Å². The zero-order valence-corrected chi connectivity index (χ0v) is 12.9. The number of aromatic nitrogens is 2. The molecule has 4 heteroatoms. The Kier molecular flexibility index (Phi) is 3.64. The summed E-state index contributed by atoms with van der Waals surface area (Å²) in [7, 11) is 0. The van der Waals surface area contributed by atoms with Crippen LogP contribution in [-0.2, 0) is 19.5 Å². The van der Waals surface area contributed by atoms with Gasteiger partial charge in [-0.15, -0.1) is 0 Å². The fraction of sp³-hybridized carbons (Fsp3) is 0.412. The Balaban J connectivity index is 1.86. The van der Waals surface area contributed by atoms with Gasteiger partial charge >= 0.3 is 0 Å². The molecule has 1 aromatic heterocycles. The van der Waals surface area contributed by atoms with E-state index < -0.39 is 0 Å². The summed E-state index contributed by atoms with van der Waals surface area (Å²) in [6, 6.07) is 6.40. The van der Waals surface area contributed by atoms with Crippen molar-refractivity contribution in [3.63, 3.8) is 0 Å². The topological polar surface area (TPSA) is 49.0 Å². The quantitative estimate of drug-likeness (QED) is 0.919. The minimum Gasteiger partial charge on any atom is -0.310 e. The molecule has 0 atom stereocenters. The number of aromatic amines is 1. The molecule has 2 aromatic rings. The van der Waals surface area contributed by atoms with Crippen molar-refractivity contribution in [2.75, 3.05) is 6.54 Å². The van der Waals surface area contributed by atoms with E-state index in [0.29, 0.717) is 12.4 Å². The maximum Gasteiger partial charge on any atom is 0.255 e. The van der Waals surface area contributed by atoms with Crippen LogP contribution in [0.5, 0.6) is 0 Å². The van der Waals surface area contributed by atoms with E-state index in [1.165, 1.54) is 16.7 Å². The molecule has 21 heavy (non-hydrogen) atoms. The van der Waals surface area contributed by atoms with Crippen LogP contribution in [0.3, 0.4) is 0 Å². The molecule has 0 spiro atoms. The summed E-state index contributed by atoms with van der Waals surface area (Å²) in [5.74, 6) is 0.710. The zero-order chi connectivity index (χ0) is 15.0. The highest BCUT2D eigenvalue weighted by Crippen LogP contribution is 2.20. The predicted octanol–water partition coefficient (Wildman–Crippen LogP) is 2.25. The van der Waals surface area contributed by atoms with Gasteiger partial charge in [0.05, 0.1) is 11.3 Å². The minimum atomic E-state index is 0.0173. The number of rotatable bonds is 2. The fourth-order valence-electron chi connectivity index (χ4n) is 3.06. The maximum absolute atomic E-state index is 12.1. The molecule has 4 nitrogen and oxygen atoms in total. The molecule has 3 rings (SSSR count). The van der Waals surface area contributed by atoms with E-state index in [4.69, 9.17) is 0 Å². The van der Waals surface area contributed by atoms with Gasteiger partial charge in [-0.05, 0) is 37.5 Å². The van der Waals surface area contributed by atoms with Gasteiger partial charge in [-0.1, -0.05) is 18.2 Å². The van der Waals surface area contributed by atoms with Crippen LogP contribution >= 0.6 is 0 Å². The molecule has 0 radical (unpaired) electrons. The number of H-pyrrole nitrogens is 1.